The van der Waals surface area contributed by atoms with Gasteiger partial charge in [-0.25, -0.2) is 4.39 Å². The van der Waals surface area contributed by atoms with E-state index in [9.17, 15) is 17.6 Å². The molecule has 0 aromatic heterocycles. The van der Waals surface area contributed by atoms with E-state index in [1.165, 1.54) is 6.07 Å². The summed E-state index contributed by atoms with van der Waals surface area (Å²) in [7, 11) is 0. The first-order valence-electron chi connectivity index (χ1n) is 8.56. The van der Waals surface area contributed by atoms with Crippen LogP contribution in [0.1, 0.15) is 16.7 Å². The summed E-state index contributed by atoms with van der Waals surface area (Å²) in [4.78, 5) is 0. The average molecular weight is 465 g/mol. The number of halogens is 5. The zero-order valence-corrected chi connectivity index (χ0v) is 16.6. The van der Waals surface area contributed by atoms with Gasteiger partial charge in [0, 0.05) is 29.7 Å². The molecule has 2 aromatic rings. The normalized spacial score (nSPS) is 11.6. The van der Waals surface area contributed by atoms with Crippen LogP contribution in [0.15, 0.2) is 40.9 Å². The molecule has 4 nitrogen and oxygen atoms in total. The Morgan fingerprint density at radius 2 is 1.86 bits per heavy atom. The van der Waals surface area contributed by atoms with Crippen molar-refractivity contribution >= 4 is 15.9 Å². The number of hydrogen-bond acceptors (Lipinski definition) is 4. The molecule has 0 atom stereocenters. The van der Waals surface area contributed by atoms with E-state index in [1.807, 2.05) is 6.07 Å². The van der Waals surface area contributed by atoms with E-state index in [-0.39, 0.29) is 12.2 Å². The molecular weight excluding hydrogens is 444 g/mol. The van der Waals surface area contributed by atoms with Gasteiger partial charge in [-0.15, -0.1) is 0 Å². The van der Waals surface area contributed by atoms with E-state index < -0.39 is 17.6 Å². The van der Waals surface area contributed by atoms with Gasteiger partial charge in [0.15, 0.2) is 0 Å². The molecule has 0 saturated heterocycles. The van der Waals surface area contributed by atoms with Crippen molar-refractivity contribution in [3.63, 3.8) is 0 Å². The number of benzene rings is 2. The van der Waals surface area contributed by atoms with Crippen molar-refractivity contribution in [1.29, 1.82) is 0 Å². The third kappa shape index (κ3) is 7.05. The van der Waals surface area contributed by atoms with Gasteiger partial charge in [0.25, 0.3) is 0 Å². The van der Waals surface area contributed by atoms with Gasteiger partial charge in [0.1, 0.15) is 18.2 Å². The summed E-state index contributed by atoms with van der Waals surface area (Å²) in [5.74, 6) is -0.780. The first-order valence-corrected chi connectivity index (χ1v) is 9.36. The maximum Gasteiger partial charge on any atom is 0.419 e. The molecule has 0 bridgehead atoms. The molecule has 0 radical (unpaired) electrons. The number of nitrogens with one attached hydrogen (secondary N) is 1. The molecule has 2 rings (SSSR count). The Bertz CT molecular complexity index is 772. The Morgan fingerprint density at radius 3 is 2.57 bits per heavy atom. The first-order chi connectivity index (χ1) is 13.3. The van der Waals surface area contributed by atoms with Crippen LogP contribution in [0, 0.1) is 5.82 Å². The van der Waals surface area contributed by atoms with E-state index in [0.717, 1.165) is 22.2 Å². The van der Waals surface area contributed by atoms with Crippen molar-refractivity contribution in [3.05, 3.63) is 63.4 Å². The molecule has 0 fully saturated rings. The van der Waals surface area contributed by atoms with Crippen molar-refractivity contribution < 1.29 is 27.0 Å². The summed E-state index contributed by atoms with van der Waals surface area (Å²) in [6.07, 6.45) is -4.75. The second kappa shape index (κ2) is 10.8. The van der Waals surface area contributed by atoms with Gasteiger partial charge in [0.05, 0.1) is 18.8 Å². The fourth-order valence-electron chi connectivity index (χ4n) is 2.42. The molecule has 9 heteroatoms. The quantitative estimate of drug-likeness (QED) is 0.407. The Morgan fingerprint density at radius 1 is 1.07 bits per heavy atom. The van der Waals surface area contributed by atoms with Crippen LogP contribution >= 0.6 is 15.9 Å². The van der Waals surface area contributed by atoms with Crippen molar-refractivity contribution in [2.45, 2.75) is 19.3 Å². The smallest absolute Gasteiger partial charge is 0.419 e. The first kappa shape index (κ1) is 22.6. The van der Waals surface area contributed by atoms with E-state index in [0.29, 0.717) is 38.6 Å². The van der Waals surface area contributed by atoms with Crippen molar-refractivity contribution in [2.75, 3.05) is 26.3 Å². The van der Waals surface area contributed by atoms with Gasteiger partial charge in [-0.2, -0.15) is 13.2 Å². The summed E-state index contributed by atoms with van der Waals surface area (Å²) in [5.41, 5.74) is 5.09. The molecule has 28 heavy (non-hydrogen) atoms. The lowest BCUT2D eigenvalue weighted by Crippen LogP contribution is -2.21. The molecular formula is C19H21BrF4N2O2. The molecule has 0 saturated carbocycles. The maximum atomic E-state index is 13.4. The van der Waals surface area contributed by atoms with Crippen LogP contribution in [-0.2, 0) is 24.1 Å². The van der Waals surface area contributed by atoms with Crippen LogP contribution in [0.3, 0.4) is 0 Å². The standard InChI is InChI=1S/C19H21BrF4N2O2/c20-15-2-4-18(14(10-15)11-26-6-8-27-7-5-25)28-12-13-1-3-17(21)16(9-13)19(22,23)24/h1-4,9-10,26H,5-8,11-12,25H2. The lowest BCUT2D eigenvalue weighted by atomic mass is 10.1. The van der Waals surface area contributed by atoms with Gasteiger partial charge >= 0.3 is 6.18 Å². The Hall–Kier alpha value is -1.68. The third-order valence-corrected chi connectivity index (χ3v) is 4.25. The number of hydrogen-bond donors (Lipinski definition) is 2. The van der Waals surface area contributed by atoms with E-state index in [1.54, 1.807) is 12.1 Å². The minimum atomic E-state index is -4.75. The fourth-order valence-corrected chi connectivity index (χ4v) is 2.83. The topological polar surface area (TPSA) is 56.5 Å². The lowest BCUT2D eigenvalue weighted by Gasteiger charge is -2.14. The van der Waals surface area contributed by atoms with Crippen molar-refractivity contribution in [1.82, 2.24) is 5.32 Å². The summed E-state index contributed by atoms with van der Waals surface area (Å²) in [6.45, 7) is 2.44. The highest BCUT2D eigenvalue weighted by Crippen LogP contribution is 2.32. The van der Waals surface area contributed by atoms with Gasteiger partial charge in [0.2, 0.25) is 0 Å². The number of rotatable bonds is 10. The fraction of sp³-hybridized carbons (Fsp3) is 0.368. The highest BCUT2D eigenvalue weighted by molar-refractivity contribution is 9.10. The molecule has 154 valence electrons. The second-order valence-corrected chi connectivity index (χ2v) is 6.85. The van der Waals surface area contributed by atoms with E-state index >= 15 is 0 Å². The van der Waals surface area contributed by atoms with Crippen LogP contribution in [0.25, 0.3) is 0 Å². The highest BCUT2D eigenvalue weighted by atomic mass is 79.9. The second-order valence-electron chi connectivity index (χ2n) is 5.93. The molecule has 2 aromatic carbocycles. The Balaban J connectivity index is 2.00. The van der Waals surface area contributed by atoms with Gasteiger partial charge in [-0.1, -0.05) is 22.0 Å². The molecule has 0 aliphatic heterocycles. The summed E-state index contributed by atoms with van der Waals surface area (Å²) in [5, 5.41) is 3.20. The average Bonchev–Trinajstić information content (AvgIpc) is 2.64. The molecule has 0 aliphatic carbocycles. The SMILES string of the molecule is NCCOCCNCc1cc(Br)ccc1OCc1ccc(F)c(C(F)(F)F)c1. The molecule has 0 unspecified atom stereocenters. The van der Waals surface area contributed by atoms with Crippen molar-refractivity contribution in [3.8, 4) is 5.75 Å². The predicted molar refractivity (Wildman–Crippen MR) is 101 cm³/mol. The summed E-state index contributed by atoms with van der Waals surface area (Å²) in [6, 6.07) is 8.19. The van der Waals surface area contributed by atoms with E-state index in [4.69, 9.17) is 15.2 Å². The van der Waals surface area contributed by atoms with Crippen LogP contribution in [0.2, 0.25) is 0 Å². The van der Waals surface area contributed by atoms with Crippen LogP contribution in [0.5, 0.6) is 5.75 Å². The summed E-state index contributed by atoms with van der Waals surface area (Å²) < 4.78 is 63.7. The minimum Gasteiger partial charge on any atom is -0.489 e. The largest absolute Gasteiger partial charge is 0.489 e. The van der Waals surface area contributed by atoms with Crippen LogP contribution in [-0.4, -0.2) is 26.3 Å². The van der Waals surface area contributed by atoms with E-state index in [2.05, 4.69) is 21.2 Å². The molecule has 0 spiro atoms. The number of alkyl halides is 3. The Kier molecular flexibility index (Phi) is 8.68. The monoisotopic (exact) mass is 464 g/mol. The molecule has 3 N–H and O–H groups in total. The van der Waals surface area contributed by atoms with Crippen LogP contribution < -0.4 is 15.8 Å². The van der Waals surface area contributed by atoms with Gasteiger partial charge in [-0.05, 0) is 35.9 Å². The number of ether oxygens (including phenoxy) is 2. The third-order valence-electron chi connectivity index (χ3n) is 3.75. The molecule has 0 heterocycles. The highest BCUT2D eigenvalue weighted by Gasteiger charge is 2.34. The molecule has 0 aliphatic rings. The van der Waals surface area contributed by atoms with Gasteiger partial charge < -0.3 is 20.5 Å². The van der Waals surface area contributed by atoms with Crippen molar-refractivity contribution in [2.24, 2.45) is 5.73 Å². The lowest BCUT2D eigenvalue weighted by molar-refractivity contribution is -0.140. The minimum absolute atomic E-state index is 0.113. The zero-order chi connectivity index (χ0) is 20.6. The summed E-state index contributed by atoms with van der Waals surface area (Å²) >= 11 is 3.39. The Labute approximate surface area is 169 Å². The number of nitrogens with two attached hydrogens (primary N) is 1. The molecule has 0 amide bonds. The maximum absolute atomic E-state index is 13.4. The zero-order valence-electron chi connectivity index (χ0n) is 15.0. The predicted octanol–water partition coefficient (Wildman–Crippen LogP) is 4.25. The van der Waals surface area contributed by atoms with Crippen LogP contribution in [0.4, 0.5) is 17.6 Å². The van der Waals surface area contributed by atoms with Gasteiger partial charge in [-0.3, -0.25) is 0 Å².